The summed E-state index contributed by atoms with van der Waals surface area (Å²) in [6, 6.07) is 9.35. The van der Waals surface area contributed by atoms with Crippen molar-refractivity contribution in [2.45, 2.75) is 6.92 Å². The highest BCUT2D eigenvalue weighted by molar-refractivity contribution is 6.38. The largest absolute Gasteiger partial charge is 0.496 e. The molecule has 0 aliphatic heterocycles. The van der Waals surface area contributed by atoms with Gasteiger partial charge in [-0.1, -0.05) is 17.7 Å². The average molecular weight is 426 g/mol. The van der Waals surface area contributed by atoms with E-state index in [1.807, 2.05) is 24.6 Å². The summed E-state index contributed by atoms with van der Waals surface area (Å²) < 4.78 is 21.5. The van der Waals surface area contributed by atoms with Crippen LogP contribution in [0.15, 0.2) is 42.6 Å². The molecule has 4 aromatic rings. The molecule has 0 atom stereocenters. The fourth-order valence-electron chi connectivity index (χ4n) is 3.12. The van der Waals surface area contributed by atoms with E-state index in [1.165, 1.54) is 31.5 Å². The summed E-state index contributed by atoms with van der Waals surface area (Å²) in [4.78, 5) is 25.5. The van der Waals surface area contributed by atoms with E-state index in [0.717, 1.165) is 11.3 Å². The van der Waals surface area contributed by atoms with Crippen LogP contribution >= 0.6 is 11.6 Å². The third kappa shape index (κ3) is 3.35. The van der Waals surface area contributed by atoms with Crippen molar-refractivity contribution in [1.29, 1.82) is 0 Å². The molecule has 4 rings (SSSR count). The number of halogens is 2. The molecule has 1 N–H and O–H groups in total. The maximum Gasteiger partial charge on any atom is 0.274 e. The van der Waals surface area contributed by atoms with Crippen LogP contribution in [0.2, 0.25) is 5.02 Å². The summed E-state index contributed by atoms with van der Waals surface area (Å²) in [5.41, 5.74) is 1.98. The Bertz CT molecular complexity index is 1290. The average Bonchev–Trinajstić information content (AvgIpc) is 3.04. The number of ether oxygens (including phenoxy) is 1. The molecule has 0 saturated heterocycles. The van der Waals surface area contributed by atoms with Crippen LogP contribution in [-0.4, -0.2) is 32.5 Å². The van der Waals surface area contributed by atoms with Gasteiger partial charge in [-0.3, -0.25) is 4.79 Å². The fourth-order valence-corrected chi connectivity index (χ4v) is 3.37. The third-order valence-electron chi connectivity index (χ3n) is 4.77. The topological polar surface area (TPSA) is 81.9 Å². The van der Waals surface area contributed by atoms with Crippen LogP contribution in [-0.2, 0) is 7.05 Å². The predicted octanol–water partition coefficient (Wildman–Crippen LogP) is 4.39. The first-order chi connectivity index (χ1) is 14.4. The molecule has 9 heteroatoms. The van der Waals surface area contributed by atoms with Crippen molar-refractivity contribution < 1.29 is 13.9 Å². The number of amides is 1. The van der Waals surface area contributed by atoms with E-state index in [2.05, 4.69) is 20.3 Å². The number of nitrogens with one attached hydrogen (secondary N) is 1. The molecular formula is C21H17ClFN5O2. The minimum Gasteiger partial charge on any atom is -0.496 e. The van der Waals surface area contributed by atoms with Gasteiger partial charge >= 0.3 is 0 Å². The van der Waals surface area contributed by atoms with Gasteiger partial charge in [-0.25, -0.2) is 19.3 Å². The Balaban J connectivity index is 1.68. The number of carbonyl (C=O) groups is 1. The molecule has 2 heterocycles. The molecule has 1 amide bonds. The number of hydrogen-bond acceptors (Lipinski definition) is 5. The zero-order chi connectivity index (χ0) is 21.4. The number of rotatable bonds is 4. The van der Waals surface area contributed by atoms with Crippen LogP contribution in [0.25, 0.3) is 22.4 Å². The molecule has 0 unspecified atom stereocenters. The number of fused-ring (bicyclic) bond motifs is 1. The summed E-state index contributed by atoms with van der Waals surface area (Å²) in [6.45, 7) is 1.87. The zero-order valence-corrected chi connectivity index (χ0v) is 17.2. The molecule has 0 aliphatic rings. The van der Waals surface area contributed by atoms with Crippen molar-refractivity contribution in [3.8, 4) is 17.1 Å². The Morgan fingerprint density at radius 2 is 2.00 bits per heavy atom. The van der Waals surface area contributed by atoms with Gasteiger partial charge in [-0.15, -0.1) is 0 Å². The first kappa shape index (κ1) is 19.8. The van der Waals surface area contributed by atoms with E-state index in [-0.39, 0.29) is 22.8 Å². The maximum atomic E-state index is 14.4. The van der Waals surface area contributed by atoms with Crippen molar-refractivity contribution >= 4 is 34.2 Å². The van der Waals surface area contributed by atoms with Crippen LogP contribution < -0.4 is 10.1 Å². The van der Waals surface area contributed by atoms with E-state index in [1.54, 1.807) is 12.1 Å². The normalized spacial score (nSPS) is 11.0. The first-order valence-electron chi connectivity index (χ1n) is 8.99. The second kappa shape index (κ2) is 7.72. The number of aromatic nitrogens is 4. The second-order valence-corrected chi connectivity index (χ2v) is 6.93. The summed E-state index contributed by atoms with van der Waals surface area (Å²) in [5.74, 6) is 0.0505. The fraction of sp³-hybridized carbons (Fsp3) is 0.143. The van der Waals surface area contributed by atoms with Crippen molar-refractivity contribution in [1.82, 2.24) is 19.5 Å². The monoisotopic (exact) mass is 425 g/mol. The van der Waals surface area contributed by atoms with Gasteiger partial charge < -0.3 is 14.6 Å². The van der Waals surface area contributed by atoms with E-state index in [9.17, 15) is 9.18 Å². The predicted molar refractivity (Wildman–Crippen MR) is 112 cm³/mol. The Kier molecular flexibility index (Phi) is 5.09. The number of imidazole rings is 1. The highest BCUT2D eigenvalue weighted by Crippen LogP contribution is 2.32. The Morgan fingerprint density at radius 1 is 1.20 bits per heavy atom. The molecule has 0 aliphatic carbocycles. The first-order valence-corrected chi connectivity index (χ1v) is 9.37. The molecule has 2 aromatic carbocycles. The number of anilines is 1. The third-order valence-corrected chi connectivity index (χ3v) is 5.15. The van der Waals surface area contributed by atoms with E-state index >= 15 is 0 Å². The quantitative estimate of drug-likeness (QED) is 0.524. The van der Waals surface area contributed by atoms with Gasteiger partial charge in [0.05, 0.1) is 28.9 Å². The molecule has 2 aromatic heterocycles. The molecule has 0 radical (unpaired) electrons. The minimum atomic E-state index is -0.550. The molecule has 152 valence electrons. The zero-order valence-electron chi connectivity index (χ0n) is 16.4. The summed E-state index contributed by atoms with van der Waals surface area (Å²) >= 11 is 6.46. The molecule has 0 fully saturated rings. The van der Waals surface area contributed by atoms with Gasteiger partial charge in [0.1, 0.15) is 28.6 Å². The van der Waals surface area contributed by atoms with Crippen LogP contribution in [0.4, 0.5) is 10.1 Å². The lowest BCUT2D eigenvalue weighted by Gasteiger charge is -2.10. The SMILES string of the molecule is COc1cccc(F)c1-c1nccc(C(=O)Nc2ccc3c(nc(C)n3C)c2Cl)n1. The minimum absolute atomic E-state index is 0.0412. The van der Waals surface area contributed by atoms with Gasteiger partial charge in [0, 0.05) is 13.2 Å². The van der Waals surface area contributed by atoms with E-state index in [0.29, 0.717) is 16.2 Å². The van der Waals surface area contributed by atoms with Gasteiger partial charge in [-0.2, -0.15) is 0 Å². The number of nitrogens with zero attached hydrogens (tertiary/aromatic N) is 4. The van der Waals surface area contributed by atoms with Crippen molar-refractivity contribution in [3.63, 3.8) is 0 Å². The maximum absolute atomic E-state index is 14.4. The highest BCUT2D eigenvalue weighted by atomic mass is 35.5. The van der Waals surface area contributed by atoms with Gasteiger partial charge in [0.15, 0.2) is 5.82 Å². The number of benzene rings is 2. The molecule has 30 heavy (non-hydrogen) atoms. The number of aryl methyl sites for hydroxylation is 2. The molecule has 0 saturated carbocycles. The summed E-state index contributed by atoms with van der Waals surface area (Å²) in [5, 5.41) is 3.06. The summed E-state index contributed by atoms with van der Waals surface area (Å²) in [7, 11) is 3.31. The van der Waals surface area contributed by atoms with Crippen molar-refractivity contribution in [2.75, 3.05) is 12.4 Å². The summed E-state index contributed by atoms with van der Waals surface area (Å²) in [6.07, 6.45) is 1.38. The molecular weight excluding hydrogens is 409 g/mol. The number of carbonyl (C=O) groups excluding carboxylic acids is 1. The van der Waals surface area contributed by atoms with E-state index in [4.69, 9.17) is 16.3 Å². The molecule has 0 spiro atoms. The van der Waals surface area contributed by atoms with Crippen molar-refractivity contribution in [2.24, 2.45) is 7.05 Å². The Morgan fingerprint density at radius 3 is 2.77 bits per heavy atom. The van der Waals surface area contributed by atoms with Gasteiger partial charge in [-0.05, 0) is 37.3 Å². The van der Waals surface area contributed by atoms with Gasteiger partial charge in [0.25, 0.3) is 5.91 Å². The number of hydrogen-bond donors (Lipinski definition) is 1. The molecule has 7 nitrogen and oxygen atoms in total. The standard InChI is InChI=1S/C21H17ClFN5O2/c1-11-25-19-15(28(11)2)8-7-13(18(19)22)27-21(29)14-9-10-24-20(26-14)17-12(23)5-4-6-16(17)30-3/h4-10H,1-3H3,(H,27,29). The Hall–Kier alpha value is -3.52. The Labute approximate surface area is 176 Å². The van der Waals surface area contributed by atoms with E-state index < -0.39 is 11.7 Å². The lowest BCUT2D eigenvalue weighted by atomic mass is 10.1. The molecule has 0 bridgehead atoms. The smallest absolute Gasteiger partial charge is 0.274 e. The van der Waals surface area contributed by atoms with Crippen LogP contribution in [0.1, 0.15) is 16.3 Å². The number of methoxy groups -OCH3 is 1. The van der Waals surface area contributed by atoms with Crippen LogP contribution in [0, 0.1) is 12.7 Å². The van der Waals surface area contributed by atoms with Crippen LogP contribution in [0.5, 0.6) is 5.75 Å². The van der Waals surface area contributed by atoms with Gasteiger partial charge in [0.2, 0.25) is 0 Å². The second-order valence-electron chi connectivity index (χ2n) is 6.55. The lowest BCUT2D eigenvalue weighted by Crippen LogP contribution is -2.15. The van der Waals surface area contributed by atoms with Crippen molar-refractivity contribution in [3.05, 3.63) is 65.0 Å². The highest BCUT2D eigenvalue weighted by Gasteiger charge is 2.18. The van der Waals surface area contributed by atoms with Crippen LogP contribution in [0.3, 0.4) is 0 Å². The lowest BCUT2D eigenvalue weighted by molar-refractivity contribution is 0.102.